The van der Waals surface area contributed by atoms with E-state index in [-0.39, 0.29) is 29.0 Å². The van der Waals surface area contributed by atoms with Crippen LogP contribution in [-0.4, -0.2) is 29.7 Å². The largest absolute Gasteiger partial charge is 0.494 e. The third-order valence-electron chi connectivity index (χ3n) is 7.43. The first kappa shape index (κ1) is 30.3. The second-order valence-electron chi connectivity index (χ2n) is 9.93. The van der Waals surface area contributed by atoms with E-state index in [1.165, 1.54) is 41.6 Å². The van der Waals surface area contributed by atoms with Gasteiger partial charge in [0.1, 0.15) is 5.82 Å². The number of ether oxygens (including phenoxy) is 1. The monoisotopic (exact) mass is 610 g/mol. The summed E-state index contributed by atoms with van der Waals surface area (Å²) >= 11 is 1.28. The van der Waals surface area contributed by atoms with E-state index in [0.717, 1.165) is 23.8 Å². The zero-order valence-electron chi connectivity index (χ0n) is 23.3. The summed E-state index contributed by atoms with van der Waals surface area (Å²) < 4.78 is 79.4. The molecule has 1 atom stereocenters. The molecule has 0 saturated heterocycles. The summed E-state index contributed by atoms with van der Waals surface area (Å²) in [6.07, 6.45) is -3.66. The molecule has 4 nitrogen and oxygen atoms in total. The highest BCUT2D eigenvalue weighted by Crippen LogP contribution is 2.43. The number of rotatable bonds is 8. The van der Waals surface area contributed by atoms with Gasteiger partial charge >= 0.3 is 6.18 Å². The van der Waals surface area contributed by atoms with E-state index >= 15 is 8.78 Å². The molecule has 1 aliphatic rings. The second kappa shape index (κ2) is 12.2. The number of hydrogen-bond donors (Lipinski definition) is 0. The molecule has 0 radical (unpaired) electrons. The molecular formula is C33H27F5N2O2S. The Morgan fingerprint density at radius 1 is 1.07 bits per heavy atom. The summed E-state index contributed by atoms with van der Waals surface area (Å²) in [5.41, 5.74) is -0.417. The Bertz CT molecular complexity index is 1780. The van der Waals surface area contributed by atoms with Crippen LogP contribution in [0.3, 0.4) is 0 Å². The van der Waals surface area contributed by atoms with Crippen LogP contribution in [0.5, 0.6) is 5.75 Å². The molecule has 0 fully saturated rings. The molecule has 0 saturated carbocycles. The van der Waals surface area contributed by atoms with Gasteiger partial charge < -0.3 is 4.74 Å². The van der Waals surface area contributed by atoms with Gasteiger partial charge in [-0.1, -0.05) is 54.6 Å². The van der Waals surface area contributed by atoms with Crippen molar-refractivity contribution in [3.63, 3.8) is 0 Å². The van der Waals surface area contributed by atoms with E-state index in [4.69, 9.17) is 9.73 Å². The van der Waals surface area contributed by atoms with Crippen LogP contribution in [0.1, 0.15) is 33.9 Å². The zero-order valence-corrected chi connectivity index (χ0v) is 24.2. The number of aliphatic imine (C=N–C) groups is 1. The van der Waals surface area contributed by atoms with E-state index in [2.05, 4.69) is 6.58 Å². The van der Waals surface area contributed by atoms with Gasteiger partial charge in [-0.25, -0.2) is 8.78 Å². The number of alkyl halides is 3. The summed E-state index contributed by atoms with van der Waals surface area (Å²) in [6.45, 7) is 5.55. The van der Waals surface area contributed by atoms with Gasteiger partial charge in [0.2, 0.25) is 0 Å². The van der Waals surface area contributed by atoms with Crippen LogP contribution in [0, 0.1) is 18.6 Å². The summed E-state index contributed by atoms with van der Waals surface area (Å²) in [5.74, 6) is -1.57. The highest BCUT2D eigenvalue weighted by Gasteiger charge is 2.38. The predicted molar refractivity (Wildman–Crippen MR) is 159 cm³/mol. The average molecular weight is 611 g/mol. The topological polar surface area (TPSA) is 43.6 Å². The Balaban J connectivity index is 1.83. The molecule has 0 aliphatic carbocycles. The van der Waals surface area contributed by atoms with Crippen LogP contribution in [0.4, 0.5) is 22.0 Å². The molecule has 3 aromatic carbocycles. The molecular weight excluding hydrogens is 583 g/mol. The third kappa shape index (κ3) is 5.63. The number of aromatic nitrogens is 1. The van der Waals surface area contributed by atoms with Gasteiger partial charge in [-0.3, -0.25) is 14.4 Å². The summed E-state index contributed by atoms with van der Waals surface area (Å²) in [5, 5.41) is 0.387. The van der Waals surface area contributed by atoms with Crippen LogP contribution >= 0.6 is 11.8 Å². The molecule has 10 heteroatoms. The fourth-order valence-electron chi connectivity index (χ4n) is 5.43. The van der Waals surface area contributed by atoms with Gasteiger partial charge in [-0.05, 0) is 41.8 Å². The molecule has 1 aliphatic heterocycles. The van der Waals surface area contributed by atoms with Crippen LogP contribution < -0.4 is 10.3 Å². The van der Waals surface area contributed by atoms with Crippen LogP contribution in [-0.2, 0) is 12.6 Å². The summed E-state index contributed by atoms with van der Waals surface area (Å²) in [6, 6.07) is 15.7. The van der Waals surface area contributed by atoms with Gasteiger partial charge in [0.15, 0.2) is 11.6 Å². The number of pyridine rings is 1. The molecule has 43 heavy (non-hydrogen) atoms. The van der Waals surface area contributed by atoms with Gasteiger partial charge in [0.25, 0.3) is 5.56 Å². The lowest BCUT2D eigenvalue weighted by Gasteiger charge is -2.23. The Hall–Kier alpha value is -4.18. The number of thioether (sulfide) groups is 1. The molecule has 0 spiro atoms. The molecule has 222 valence electrons. The lowest BCUT2D eigenvalue weighted by atomic mass is 9.92. The first-order valence-electron chi connectivity index (χ1n) is 13.4. The lowest BCUT2D eigenvalue weighted by molar-refractivity contribution is -0.138. The second-order valence-corrected chi connectivity index (χ2v) is 10.9. The molecule has 1 aromatic heterocycles. The van der Waals surface area contributed by atoms with Crippen LogP contribution in [0.25, 0.3) is 11.1 Å². The minimum absolute atomic E-state index is 0.0383. The van der Waals surface area contributed by atoms with Crippen molar-refractivity contribution in [1.82, 2.24) is 4.57 Å². The van der Waals surface area contributed by atoms with E-state index in [9.17, 15) is 18.0 Å². The number of halogens is 5. The van der Waals surface area contributed by atoms with Crippen LogP contribution in [0.2, 0.25) is 0 Å². The maximum atomic E-state index is 15.7. The zero-order chi connectivity index (χ0) is 30.9. The molecule has 2 heterocycles. The quantitative estimate of drug-likeness (QED) is 0.115. The van der Waals surface area contributed by atoms with Gasteiger partial charge in [-0.2, -0.15) is 13.2 Å². The predicted octanol–water partition coefficient (Wildman–Crippen LogP) is 8.04. The SMILES string of the molecule is C=CCN=C(c1ccccc1)C1CSc2c(Cc3c(F)cccc3C(F)(F)F)c(C)c(-c3cccc(OC)c3F)c(=O)n21. The van der Waals surface area contributed by atoms with Crippen molar-refractivity contribution < 1.29 is 26.7 Å². The highest BCUT2D eigenvalue weighted by atomic mass is 32.2. The molecule has 4 aromatic rings. The van der Waals surface area contributed by atoms with Crippen molar-refractivity contribution in [3.8, 4) is 16.9 Å². The molecule has 0 bridgehead atoms. The Morgan fingerprint density at radius 2 is 1.79 bits per heavy atom. The first-order valence-corrected chi connectivity index (χ1v) is 14.4. The van der Waals surface area contributed by atoms with Crippen molar-refractivity contribution in [3.05, 3.63) is 129 Å². The van der Waals surface area contributed by atoms with E-state index < -0.39 is 47.0 Å². The fourth-order valence-corrected chi connectivity index (χ4v) is 6.80. The van der Waals surface area contributed by atoms with Crippen molar-refractivity contribution in [2.45, 2.75) is 30.6 Å². The standard InChI is InChI=1S/C33H27F5N2O2S/c1-4-16-39-30(20-10-6-5-7-11-20)26-18-43-32-22(17-23-24(33(36,37)38)13-9-14-25(23)34)19(2)28(31(41)40(26)32)21-12-8-15-27(42-3)29(21)35/h4-15,26H,1,16-18H2,2-3H3. The normalized spacial score (nSPS) is 15.0. The Morgan fingerprint density at radius 3 is 2.47 bits per heavy atom. The average Bonchev–Trinajstić information content (AvgIpc) is 3.42. The maximum Gasteiger partial charge on any atom is 0.416 e. The fraction of sp³-hybridized carbons (Fsp3) is 0.212. The minimum Gasteiger partial charge on any atom is -0.494 e. The lowest BCUT2D eigenvalue weighted by Crippen LogP contribution is -2.32. The van der Waals surface area contributed by atoms with Crippen molar-refractivity contribution in [2.24, 2.45) is 4.99 Å². The Labute approximate surface area is 249 Å². The number of benzene rings is 3. The number of nitrogens with zero attached hydrogens (tertiary/aromatic N) is 2. The molecule has 0 amide bonds. The van der Waals surface area contributed by atoms with E-state index in [0.29, 0.717) is 22.1 Å². The van der Waals surface area contributed by atoms with Gasteiger partial charge in [0.05, 0.1) is 41.6 Å². The maximum absolute atomic E-state index is 15.7. The van der Waals surface area contributed by atoms with Crippen molar-refractivity contribution >= 4 is 17.5 Å². The number of methoxy groups -OCH3 is 1. The van der Waals surface area contributed by atoms with Crippen LogP contribution in [0.15, 0.2) is 94.2 Å². The molecule has 5 rings (SSSR count). The van der Waals surface area contributed by atoms with Crippen molar-refractivity contribution in [1.29, 1.82) is 0 Å². The number of hydrogen-bond acceptors (Lipinski definition) is 4. The number of fused-ring (bicyclic) bond motifs is 1. The summed E-state index contributed by atoms with van der Waals surface area (Å²) in [7, 11) is 1.29. The first-order chi connectivity index (χ1) is 20.6. The van der Waals surface area contributed by atoms with E-state index in [1.54, 1.807) is 13.0 Å². The molecule has 0 N–H and O–H groups in total. The Kier molecular flexibility index (Phi) is 8.59. The molecule has 1 unspecified atom stereocenters. The third-order valence-corrected chi connectivity index (χ3v) is 8.63. The van der Waals surface area contributed by atoms with E-state index in [1.807, 2.05) is 30.3 Å². The van der Waals surface area contributed by atoms with Crippen molar-refractivity contribution in [2.75, 3.05) is 19.4 Å². The minimum atomic E-state index is -4.81. The highest BCUT2D eigenvalue weighted by molar-refractivity contribution is 7.99. The van der Waals surface area contributed by atoms with Gasteiger partial charge in [-0.15, -0.1) is 18.3 Å². The summed E-state index contributed by atoms with van der Waals surface area (Å²) in [4.78, 5) is 19.1. The smallest absolute Gasteiger partial charge is 0.416 e. The van der Waals surface area contributed by atoms with Gasteiger partial charge in [0, 0.05) is 23.3 Å².